The lowest BCUT2D eigenvalue weighted by Crippen LogP contribution is -2.44. The summed E-state index contributed by atoms with van der Waals surface area (Å²) in [6.07, 6.45) is 3.27. The highest BCUT2D eigenvalue weighted by molar-refractivity contribution is 8.00. The smallest absolute Gasteiger partial charge is 0.0613 e. The van der Waals surface area contributed by atoms with E-state index in [2.05, 4.69) is 47.8 Å². The zero-order valence-electron chi connectivity index (χ0n) is 11.8. The molecule has 0 amide bonds. The van der Waals surface area contributed by atoms with Gasteiger partial charge >= 0.3 is 0 Å². The molecule has 0 aromatic heterocycles. The van der Waals surface area contributed by atoms with Crippen molar-refractivity contribution in [3.8, 4) is 0 Å². The molecule has 2 aromatic rings. The second-order valence-corrected chi connectivity index (χ2v) is 7.05. The van der Waals surface area contributed by atoms with Crippen molar-refractivity contribution in [1.29, 1.82) is 0 Å². The van der Waals surface area contributed by atoms with Gasteiger partial charge in [0.1, 0.15) is 0 Å². The standard InChI is InChI=1S/C17H21NOS/c1-18-17(12-19)9-8-16(11-17)20-15-7-6-13-4-2-3-5-14(13)10-15/h2-7,10,16,18-19H,8-9,11-12H2,1H3. The maximum atomic E-state index is 9.57. The summed E-state index contributed by atoms with van der Waals surface area (Å²) < 4.78 is 0. The van der Waals surface area contributed by atoms with Gasteiger partial charge in [0.25, 0.3) is 0 Å². The van der Waals surface area contributed by atoms with E-state index in [9.17, 15) is 5.11 Å². The van der Waals surface area contributed by atoms with Crippen LogP contribution in [0.15, 0.2) is 47.4 Å². The zero-order chi connectivity index (χ0) is 14.0. The molecule has 0 saturated heterocycles. The van der Waals surface area contributed by atoms with Crippen molar-refractivity contribution in [2.45, 2.75) is 34.9 Å². The number of aliphatic hydroxyl groups excluding tert-OH is 1. The average Bonchev–Trinajstić information content (AvgIpc) is 2.91. The summed E-state index contributed by atoms with van der Waals surface area (Å²) >= 11 is 1.95. The monoisotopic (exact) mass is 287 g/mol. The number of hydrogen-bond donors (Lipinski definition) is 2. The third-order valence-electron chi connectivity index (χ3n) is 4.42. The van der Waals surface area contributed by atoms with Gasteiger partial charge in [-0.15, -0.1) is 11.8 Å². The predicted molar refractivity (Wildman–Crippen MR) is 86.3 cm³/mol. The summed E-state index contributed by atoms with van der Waals surface area (Å²) in [6.45, 7) is 0.234. The van der Waals surface area contributed by atoms with Gasteiger partial charge in [-0.05, 0) is 49.2 Å². The van der Waals surface area contributed by atoms with Gasteiger partial charge in [0.2, 0.25) is 0 Å². The van der Waals surface area contributed by atoms with Gasteiger partial charge in [-0.25, -0.2) is 0 Å². The Morgan fingerprint density at radius 3 is 2.75 bits per heavy atom. The SMILES string of the molecule is CNC1(CO)CCC(Sc2ccc3ccccc3c2)C1. The Kier molecular flexibility index (Phi) is 4.01. The number of fused-ring (bicyclic) bond motifs is 1. The minimum absolute atomic E-state index is 0.0610. The highest BCUT2D eigenvalue weighted by Gasteiger charge is 2.37. The van der Waals surface area contributed by atoms with Crippen LogP contribution in [0.4, 0.5) is 0 Å². The van der Waals surface area contributed by atoms with E-state index in [0.29, 0.717) is 5.25 Å². The van der Waals surface area contributed by atoms with Crippen molar-refractivity contribution in [1.82, 2.24) is 5.32 Å². The summed E-state index contributed by atoms with van der Waals surface area (Å²) in [4.78, 5) is 1.33. The Hall–Kier alpha value is -1.03. The average molecular weight is 287 g/mol. The molecule has 1 fully saturated rings. The highest BCUT2D eigenvalue weighted by atomic mass is 32.2. The van der Waals surface area contributed by atoms with Crippen LogP contribution < -0.4 is 5.32 Å². The molecule has 1 aliphatic carbocycles. The Morgan fingerprint density at radius 1 is 1.25 bits per heavy atom. The van der Waals surface area contributed by atoms with Crippen molar-refractivity contribution in [2.75, 3.05) is 13.7 Å². The van der Waals surface area contributed by atoms with Crippen LogP contribution in [0, 0.1) is 0 Å². The number of benzene rings is 2. The number of hydrogen-bond acceptors (Lipinski definition) is 3. The largest absolute Gasteiger partial charge is 0.394 e. The third-order valence-corrected chi connectivity index (χ3v) is 5.68. The molecule has 2 aromatic carbocycles. The molecule has 0 spiro atoms. The Bertz CT molecular complexity index is 594. The normalized spacial score (nSPS) is 26.2. The zero-order valence-corrected chi connectivity index (χ0v) is 12.6. The van der Waals surface area contributed by atoms with Crippen LogP contribution in [0.1, 0.15) is 19.3 Å². The van der Waals surface area contributed by atoms with Crippen LogP contribution in [0.2, 0.25) is 0 Å². The molecule has 0 aliphatic heterocycles. The van der Waals surface area contributed by atoms with E-state index in [1.165, 1.54) is 22.1 Å². The molecule has 2 unspecified atom stereocenters. The number of thioether (sulfide) groups is 1. The van der Waals surface area contributed by atoms with E-state index in [-0.39, 0.29) is 12.1 Å². The molecule has 0 bridgehead atoms. The topological polar surface area (TPSA) is 32.3 Å². The molecule has 2 atom stereocenters. The van der Waals surface area contributed by atoms with Crippen LogP contribution in [0.25, 0.3) is 10.8 Å². The fraction of sp³-hybridized carbons (Fsp3) is 0.412. The van der Waals surface area contributed by atoms with Crippen molar-refractivity contribution >= 4 is 22.5 Å². The van der Waals surface area contributed by atoms with Crippen LogP contribution in [0.3, 0.4) is 0 Å². The summed E-state index contributed by atoms with van der Waals surface area (Å²) in [6, 6.07) is 15.2. The molecule has 2 N–H and O–H groups in total. The van der Waals surface area contributed by atoms with Crippen LogP contribution in [-0.4, -0.2) is 29.5 Å². The fourth-order valence-electron chi connectivity index (χ4n) is 3.06. The molecule has 3 heteroatoms. The first-order chi connectivity index (χ1) is 9.74. The molecule has 1 aliphatic rings. The number of likely N-dealkylation sites (N-methyl/N-ethyl adjacent to an activating group) is 1. The summed E-state index contributed by atoms with van der Waals surface area (Å²) in [7, 11) is 1.96. The van der Waals surface area contributed by atoms with Gasteiger partial charge in [0.05, 0.1) is 6.61 Å². The van der Waals surface area contributed by atoms with Crippen LogP contribution >= 0.6 is 11.8 Å². The molecule has 20 heavy (non-hydrogen) atoms. The molecule has 0 radical (unpaired) electrons. The maximum absolute atomic E-state index is 9.57. The molecular weight excluding hydrogens is 266 g/mol. The lowest BCUT2D eigenvalue weighted by molar-refractivity contribution is 0.173. The molecule has 2 nitrogen and oxygen atoms in total. The summed E-state index contributed by atoms with van der Waals surface area (Å²) in [5, 5.41) is 16.1. The van der Waals surface area contributed by atoms with E-state index >= 15 is 0 Å². The van der Waals surface area contributed by atoms with Crippen molar-refractivity contribution in [3.63, 3.8) is 0 Å². The Labute approximate surface area is 124 Å². The number of aliphatic hydroxyl groups is 1. The quantitative estimate of drug-likeness (QED) is 0.903. The Balaban J connectivity index is 1.74. The first-order valence-corrected chi connectivity index (χ1v) is 8.08. The van der Waals surface area contributed by atoms with E-state index in [0.717, 1.165) is 12.8 Å². The van der Waals surface area contributed by atoms with Gasteiger partial charge in [0, 0.05) is 15.7 Å². The molecule has 1 saturated carbocycles. The molecule has 3 rings (SSSR count). The van der Waals surface area contributed by atoms with Crippen LogP contribution in [0.5, 0.6) is 0 Å². The van der Waals surface area contributed by atoms with Gasteiger partial charge in [-0.3, -0.25) is 0 Å². The van der Waals surface area contributed by atoms with E-state index in [1.54, 1.807) is 0 Å². The van der Waals surface area contributed by atoms with E-state index < -0.39 is 0 Å². The minimum atomic E-state index is -0.0610. The molecule has 106 valence electrons. The third kappa shape index (κ3) is 2.71. The second kappa shape index (κ2) is 5.76. The van der Waals surface area contributed by atoms with Crippen LogP contribution in [-0.2, 0) is 0 Å². The number of rotatable bonds is 4. The lowest BCUT2D eigenvalue weighted by Gasteiger charge is -2.26. The lowest BCUT2D eigenvalue weighted by atomic mass is 10.00. The summed E-state index contributed by atoms with van der Waals surface area (Å²) in [5.74, 6) is 0. The minimum Gasteiger partial charge on any atom is -0.394 e. The predicted octanol–water partition coefficient (Wildman–Crippen LogP) is 3.43. The first-order valence-electron chi connectivity index (χ1n) is 7.20. The number of nitrogens with one attached hydrogen (secondary N) is 1. The van der Waals surface area contributed by atoms with Gasteiger partial charge < -0.3 is 10.4 Å². The van der Waals surface area contributed by atoms with Crippen molar-refractivity contribution in [3.05, 3.63) is 42.5 Å². The Morgan fingerprint density at radius 2 is 2.05 bits per heavy atom. The van der Waals surface area contributed by atoms with Gasteiger partial charge in [-0.2, -0.15) is 0 Å². The fourth-order valence-corrected chi connectivity index (χ4v) is 4.43. The van der Waals surface area contributed by atoms with E-state index in [1.807, 2.05) is 18.8 Å². The second-order valence-electron chi connectivity index (χ2n) is 5.68. The van der Waals surface area contributed by atoms with Gasteiger partial charge in [-0.1, -0.05) is 30.3 Å². The molecular formula is C17H21NOS. The first kappa shape index (κ1) is 13.9. The van der Waals surface area contributed by atoms with Crippen molar-refractivity contribution in [2.24, 2.45) is 0 Å². The summed E-state index contributed by atoms with van der Waals surface area (Å²) in [5.41, 5.74) is -0.0610. The van der Waals surface area contributed by atoms with Gasteiger partial charge in [0.15, 0.2) is 0 Å². The van der Waals surface area contributed by atoms with E-state index in [4.69, 9.17) is 0 Å². The van der Waals surface area contributed by atoms with Crippen molar-refractivity contribution < 1.29 is 5.11 Å². The molecule has 0 heterocycles. The highest BCUT2D eigenvalue weighted by Crippen LogP contribution is 2.40. The maximum Gasteiger partial charge on any atom is 0.0613 e.